The molecular formula is C11H19N5. The number of aryl methyl sites for hydroxylation is 1. The van der Waals surface area contributed by atoms with Crippen molar-refractivity contribution in [1.29, 1.82) is 0 Å². The molecule has 2 rings (SSSR count). The number of nitrogen functional groups attached to an aromatic ring is 1. The molecule has 0 saturated carbocycles. The first kappa shape index (κ1) is 11.1. The normalized spacial score (nSPS) is 18.9. The Balaban J connectivity index is 2.27. The summed E-state index contributed by atoms with van der Waals surface area (Å²) in [5.74, 6) is 6.80. The smallest absolute Gasteiger partial charge is 0.239 e. The third-order valence-electron chi connectivity index (χ3n) is 3.05. The molecule has 1 saturated heterocycles. The molecule has 1 fully saturated rings. The van der Waals surface area contributed by atoms with Crippen LogP contribution in [0.2, 0.25) is 0 Å². The lowest BCUT2D eigenvalue weighted by Gasteiger charge is -2.22. The highest BCUT2D eigenvalue weighted by molar-refractivity contribution is 5.49. The number of hydrogen-bond donors (Lipinski definition) is 2. The predicted octanol–water partition coefficient (Wildman–Crippen LogP) is 1.31. The van der Waals surface area contributed by atoms with E-state index in [9.17, 15) is 0 Å². The molecule has 1 aromatic heterocycles. The number of aromatic nitrogens is 2. The van der Waals surface area contributed by atoms with Crippen LogP contribution in [0.25, 0.3) is 0 Å². The molecule has 0 radical (unpaired) electrons. The summed E-state index contributed by atoms with van der Waals surface area (Å²) in [4.78, 5) is 10.8. The van der Waals surface area contributed by atoms with Gasteiger partial charge in [-0.05, 0) is 18.8 Å². The summed E-state index contributed by atoms with van der Waals surface area (Å²) in [5.41, 5.74) is 3.95. The van der Waals surface area contributed by atoms with Crippen molar-refractivity contribution in [3.63, 3.8) is 0 Å². The van der Waals surface area contributed by atoms with Crippen LogP contribution >= 0.6 is 0 Å². The highest BCUT2D eigenvalue weighted by atomic mass is 15.3. The Bertz CT molecular complexity index is 388. The van der Waals surface area contributed by atoms with Gasteiger partial charge in [-0.3, -0.25) is 5.43 Å². The predicted molar refractivity (Wildman–Crippen MR) is 65.2 cm³/mol. The van der Waals surface area contributed by atoms with E-state index in [0.717, 1.165) is 24.5 Å². The first-order valence-corrected chi connectivity index (χ1v) is 5.57. The van der Waals surface area contributed by atoms with Crippen LogP contribution < -0.4 is 16.2 Å². The van der Waals surface area contributed by atoms with Gasteiger partial charge < -0.3 is 4.90 Å². The minimum Gasteiger partial charge on any atom is -0.356 e. The number of anilines is 2. The van der Waals surface area contributed by atoms with Gasteiger partial charge >= 0.3 is 0 Å². The fourth-order valence-electron chi connectivity index (χ4n) is 2.12. The molecule has 0 aliphatic carbocycles. The zero-order chi connectivity index (χ0) is 11.8. The summed E-state index contributed by atoms with van der Waals surface area (Å²) >= 11 is 0. The maximum Gasteiger partial charge on any atom is 0.239 e. The summed E-state index contributed by atoms with van der Waals surface area (Å²) in [6.45, 7) is 8.68. The largest absolute Gasteiger partial charge is 0.356 e. The summed E-state index contributed by atoms with van der Waals surface area (Å²) < 4.78 is 0. The number of hydrazine groups is 1. The molecule has 0 bridgehead atoms. The van der Waals surface area contributed by atoms with Gasteiger partial charge in [0.15, 0.2) is 0 Å². The quantitative estimate of drug-likeness (QED) is 0.582. The number of rotatable bonds is 2. The first-order chi connectivity index (χ1) is 7.52. The molecule has 3 N–H and O–H groups in total. The molecule has 5 nitrogen and oxygen atoms in total. The van der Waals surface area contributed by atoms with E-state index >= 15 is 0 Å². The second kappa shape index (κ2) is 3.90. The summed E-state index contributed by atoms with van der Waals surface area (Å²) in [6, 6.07) is 0. The Labute approximate surface area is 96.0 Å². The van der Waals surface area contributed by atoms with Crippen molar-refractivity contribution in [1.82, 2.24) is 9.97 Å². The molecule has 0 aromatic carbocycles. The molecule has 5 heteroatoms. The van der Waals surface area contributed by atoms with Gasteiger partial charge in [-0.1, -0.05) is 13.8 Å². The minimum absolute atomic E-state index is 0.369. The third kappa shape index (κ3) is 2.09. The number of nitrogens with zero attached hydrogens (tertiary/aromatic N) is 3. The SMILES string of the molecule is Cc1cnc(NN)nc1N1CCC(C)(C)C1. The zero-order valence-corrected chi connectivity index (χ0v) is 10.1. The molecular weight excluding hydrogens is 202 g/mol. The highest BCUT2D eigenvalue weighted by Crippen LogP contribution is 2.32. The van der Waals surface area contributed by atoms with Gasteiger partial charge in [0.05, 0.1) is 0 Å². The Morgan fingerprint density at radius 2 is 2.25 bits per heavy atom. The molecule has 0 amide bonds. The molecule has 1 aliphatic heterocycles. The second-order valence-corrected chi connectivity index (χ2v) is 5.18. The summed E-state index contributed by atoms with van der Waals surface area (Å²) in [5, 5.41) is 0. The van der Waals surface area contributed by atoms with E-state index in [2.05, 4.69) is 34.1 Å². The van der Waals surface area contributed by atoms with Crippen molar-refractivity contribution >= 4 is 11.8 Å². The topological polar surface area (TPSA) is 67.1 Å². The molecule has 1 aliphatic rings. The van der Waals surface area contributed by atoms with Crippen molar-refractivity contribution in [2.75, 3.05) is 23.4 Å². The van der Waals surface area contributed by atoms with E-state index < -0.39 is 0 Å². The average molecular weight is 221 g/mol. The van der Waals surface area contributed by atoms with Gasteiger partial charge in [-0.2, -0.15) is 4.98 Å². The van der Waals surface area contributed by atoms with E-state index in [1.807, 2.05) is 13.1 Å². The fraction of sp³-hybridized carbons (Fsp3) is 0.636. The van der Waals surface area contributed by atoms with Crippen molar-refractivity contribution in [3.05, 3.63) is 11.8 Å². The Morgan fingerprint density at radius 3 is 2.81 bits per heavy atom. The van der Waals surface area contributed by atoms with Crippen molar-refractivity contribution < 1.29 is 0 Å². The van der Waals surface area contributed by atoms with E-state index in [-0.39, 0.29) is 0 Å². The van der Waals surface area contributed by atoms with Gasteiger partial charge in [-0.25, -0.2) is 10.8 Å². The summed E-state index contributed by atoms with van der Waals surface area (Å²) in [6.07, 6.45) is 3.00. The average Bonchev–Trinajstić information content (AvgIpc) is 2.59. The van der Waals surface area contributed by atoms with Gasteiger partial charge in [0.1, 0.15) is 5.82 Å². The third-order valence-corrected chi connectivity index (χ3v) is 3.05. The number of nitrogens with one attached hydrogen (secondary N) is 1. The van der Waals surface area contributed by atoms with Gasteiger partial charge in [0.25, 0.3) is 0 Å². The Kier molecular flexibility index (Phi) is 2.71. The Morgan fingerprint density at radius 1 is 1.50 bits per heavy atom. The van der Waals surface area contributed by atoms with E-state index in [1.54, 1.807) is 0 Å². The van der Waals surface area contributed by atoms with Crippen LogP contribution in [0.1, 0.15) is 25.8 Å². The Hall–Kier alpha value is -1.36. The minimum atomic E-state index is 0.369. The van der Waals surface area contributed by atoms with E-state index in [0.29, 0.717) is 11.4 Å². The van der Waals surface area contributed by atoms with E-state index in [1.165, 1.54) is 6.42 Å². The lowest BCUT2D eigenvalue weighted by Crippen LogP contribution is -2.25. The van der Waals surface area contributed by atoms with Crippen molar-refractivity contribution in [2.24, 2.45) is 11.3 Å². The van der Waals surface area contributed by atoms with Crippen LogP contribution in [-0.4, -0.2) is 23.1 Å². The van der Waals surface area contributed by atoms with Crippen LogP contribution in [0.5, 0.6) is 0 Å². The van der Waals surface area contributed by atoms with Crippen LogP contribution in [-0.2, 0) is 0 Å². The molecule has 16 heavy (non-hydrogen) atoms. The molecule has 0 spiro atoms. The molecule has 0 atom stereocenters. The standard InChI is InChI=1S/C11H19N5/c1-8-6-13-10(15-12)14-9(8)16-5-4-11(2,3)7-16/h6H,4-5,7,12H2,1-3H3,(H,13,14,15). The van der Waals surface area contributed by atoms with Gasteiger partial charge in [0, 0.05) is 24.8 Å². The number of hydrogen-bond acceptors (Lipinski definition) is 5. The molecule has 0 unspecified atom stereocenters. The maximum absolute atomic E-state index is 5.33. The molecule has 1 aromatic rings. The van der Waals surface area contributed by atoms with Crippen molar-refractivity contribution in [2.45, 2.75) is 27.2 Å². The van der Waals surface area contributed by atoms with Crippen LogP contribution in [0.4, 0.5) is 11.8 Å². The lowest BCUT2D eigenvalue weighted by atomic mass is 9.93. The van der Waals surface area contributed by atoms with Crippen LogP contribution in [0, 0.1) is 12.3 Å². The monoisotopic (exact) mass is 221 g/mol. The zero-order valence-electron chi connectivity index (χ0n) is 10.1. The van der Waals surface area contributed by atoms with Crippen LogP contribution in [0.15, 0.2) is 6.20 Å². The molecule has 2 heterocycles. The van der Waals surface area contributed by atoms with Gasteiger partial charge in [0.2, 0.25) is 5.95 Å². The van der Waals surface area contributed by atoms with Crippen molar-refractivity contribution in [3.8, 4) is 0 Å². The second-order valence-electron chi connectivity index (χ2n) is 5.18. The first-order valence-electron chi connectivity index (χ1n) is 5.57. The number of nitrogens with two attached hydrogens (primary N) is 1. The highest BCUT2D eigenvalue weighted by Gasteiger charge is 2.30. The van der Waals surface area contributed by atoms with Gasteiger partial charge in [-0.15, -0.1) is 0 Å². The fourth-order valence-corrected chi connectivity index (χ4v) is 2.12. The van der Waals surface area contributed by atoms with E-state index in [4.69, 9.17) is 5.84 Å². The van der Waals surface area contributed by atoms with Crippen LogP contribution in [0.3, 0.4) is 0 Å². The lowest BCUT2D eigenvalue weighted by molar-refractivity contribution is 0.418. The molecule has 88 valence electrons. The maximum atomic E-state index is 5.33. The summed E-state index contributed by atoms with van der Waals surface area (Å²) in [7, 11) is 0.